The molecule has 0 amide bonds. The molecule has 0 atom stereocenters. The number of nitrogens with two attached hydrogens (primary N) is 1. The van der Waals surface area contributed by atoms with Crippen LogP contribution in [0.1, 0.15) is 31.1 Å². The second-order valence-corrected chi connectivity index (χ2v) is 5.31. The van der Waals surface area contributed by atoms with E-state index in [1.807, 2.05) is 0 Å². The van der Waals surface area contributed by atoms with Crippen molar-refractivity contribution in [3.8, 4) is 17.1 Å². The van der Waals surface area contributed by atoms with E-state index in [9.17, 15) is 17.6 Å². The summed E-state index contributed by atoms with van der Waals surface area (Å²) in [5, 5.41) is 0. The molecule has 2 rings (SSSR count). The lowest BCUT2D eigenvalue weighted by molar-refractivity contribution is -0.140. The number of aromatic nitrogens is 2. The van der Waals surface area contributed by atoms with Gasteiger partial charge in [0.15, 0.2) is 5.69 Å². The van der Waals surface area contributed by atoms with Gasteiger partial charge in [-0.1, -0.05) is 0 Å². The number of hydrogen-bond acceptors (Lipinski definition) is 3. The number of methoxy groups -OCH3 is 1. The van der Waals surface area contributed by atoms with Crippen LogP contribution >= 0.6 is 0 Å². The van der Waals surface area contributed by atoms with Crippen LogP contribution in [0.15, 0.2) is 18.3 Å². The van der Waals surface area contributed by atoms with Gasteiger partial charge in [0.1, 0.15) is 17.4 Å². The topological polar surface area (TPSA) is 53.1 Å². The van der Waals surface area contributed by atoms with Crippen molar-refractivity contribution in [2.75, 3.05) is 7.11 Å². The average Bonchev–Trinajstić information content (AvgIpc) is 2.91. The van der Waals surface area contributed by atoms with Crippen LogP contribution in [0.3, 0.4) is 0 Å². The Morgan fingerprint density at radius 2 is 1.96 bits per heavy atom. The average molecular weight is 331 g/mol. The first kappa shape index (κ1) is 17.3. The molecule has 0 aliphatic rings. The first-order valence-corrected chi connectivity index (χ1v) is 6.92. The Kier molecular flexibility index (Phi) is 4.65. The molecule has 0 radical (unpaired) electrons. The molecule has 0 saturated carbocycles. The number of nitrogens with zero attached hydrogens (tertiary/aromatic N) is 2. The molecule has 8 heteroatoms. The van der Waals surface area contributed by atoms with Crippen LogP contribution in [-0.2, 0) is 12.7 Å². The molecule has 1 aromatic heterocycles. The highest BCUT2D eigenvalue weighted by atomic mass is 19.4. The van der Waals surface area contributed by atoms with E-state index in [1.54, 1.807) is 13.8 Å². The van der Waals surface area contributed by atoms with E-state index in [-0.39, 0.29) is 29.7 Å². The van der Waals surface area contributed by atoms with E-state index in [4.69, 9.17) is 10.5 Å². The third kappa shape index (κ3) is 3.31. The van der Waals surface area contributed by atoms with Gasteiger partial charge in [-0.3, -0.25) is 0 Å². The highest BCUT2D eigenvalue weighted by molar-refractivity contribution is 5.67. The van der Waals surface area contributed by atoms with Gasteiger partial charge in [0.25, 0.3) is 0 Å². The third-order valence-corrected chi connectivity index (χ3v) is 3.37. The van der Waals surface area contributed by atoms with Crippen LogP contribution in [0.4, 0.5) is 17.6 Å². The van der Waals surface area contributed by atoms with Crippen LogP contribution in [0.5, 0.6) is 5.75 Å². The number of halogens is 4. The number of ether oxygens (including phenoxy) is 1. The number of hydrogen-bond donors (Lipinski definition) is 1. The minimum Gasteiger partial charge on any atom is -0.496 e. The predicted molar refractivity (Wildman–Crippen MR) is 77.5 cm³/mol. The van der Waals surface area contributed by atoms with Gasteiger partial charge >= 0.3 is 6.18 Å². The second kappa shape index (κ2) is 6.19. The third-order valence-electron chi connectivity index (χ3n) is 3.37. The molecule has 23 heavy (non-hydrogen) atoms. The largest absolute Gasteiger partial charge is 0.496 e. The summed E-state index contributed by atoms with van der Waals surface area (Å²) in [7, 11) is 1.31. The van der Waals surface area contributed by atoms with Crippen molar-refractivity contribution in [2.24, 2.45) is 5.73 Å². The van der Waals surface area contributed by atoms with Crippen molar-refractivity contribution in [2.45, 2.75) is 32.6 Å². The fraction of sp³-hybridized carbons (Fsp3) is 0.400. The van der Waals surface area contributed by atoms with E-state index in [0.29, 0.717) is 5.56 Å². The molecular weight excluding hydrogens is 314 g/mol. The zero-order chi connectivity index (χ0) is 17.4. The summed E-state index contributed by atoms with van der Waals surface area (Å²) in [6, 6.07) is 2.32. The van der Waals surface area contributed by atoms with Gasteiger partial charge < -0.3 is 15.0 Å². The van der Waals surface area contributed by atoms with Crippen molar-refractivity contribution < 1.29 is 22.3 Å². The summed E-state index contributed by atoms with van der Waals surface area (Å²) < 4.78 is 59.7. The van der Waals surface area contributed by atoms with Gasteiger partial charge in [0, 0.05) is 18.8 Å². The highest BCUT2D eigenvalue weighted by Crippen LogP contribution is 2.37. The number of alkyl halides is 3. The quantitative estimate of drug-likeness (QED) is 0.868. The molecule has 0 aliphatic carbocycles. The predicted octanol–water partition coefficient (Wildman–Crippen LogP) is 3.76. The van der Waals surface area contributed by atoms with Crippen molar-refractivity contribution >= 4 is 0 Å². The zero-order valence-corrected chi connectivity index (χ0v) is 12.9. The number of benzene rings is 1. The van der Waals surface area contributed by atoms with Crippen LogP contribution in [0.2, 0.25) is 0 Å². The van der Waals surface area contributed by atoms with Crippen LogP contribution in [-0.4, -0.2) is 16.7 Å². The molecule has 0 saturated heterocycles. The summed E-state index contributed by atoms with van der Waals surface area (Å²) in [6.07, 6.45) is -3.74. The van der Waals surface area contributed by atoms with E-state index >= 15 is 0 Å². The molecule has 2 N–H and O–H groups in total. The molecule has 0 aliphatic heterocycles. The molecule has 0 bridgehead atoms. The fourth-order valence-electron chi connectivity index (χ4n) is 2.24. The molecular formula is C15H17F4N3O. The van der Waals surface area contributed by atoms with Crippen LogP contribution < -0.4 is 10.5 Å². The van der Waals surface area contributed by atoms with Crippen LogP contribution in [0.25, 0.3) is 11.4 Å². The molecule has 2 aromatic rings. The van der Waals surface area contributed by atoms with Crippen molar-refractivity contribution in [3.05, 3.63) is 35.4 Å². The lowest BCUT2D eigenvalue weighted by Crippen LogP contribution is -2.06. The van der Waals surface area contributed by atoms with E-state index in [2.05, 4.69) is 4.98 Å². The highest BCUT2D eigenvalue weighted by Gasteiger charge is 2.36. The Labute approximate surface area is 130 Å². The Morgan fingerprint density at radius 3 is 2.43 bits per heavy atom. The molecule has 1 heterocycles. The van der Waals surface area contributed by atoms with Gasteiger partial charge in [-0.25, -0.2) is 9.37 Å². The summed E-state index contributed by atoms with van der Waals surface area (Å²) >= 11 is 0. The first-order valence-electron chi connectivity index (χ1n) is 6.92. The Bertz CT molecular complexity index is 707. The van der Waals surface area contributed by atoms with Gasteiger partial charge in [0.05, 0.1) is 12.7 Å². The minimum atomic E-state index is -4.62. The zero-order valence-electron chi connectivity index (χ0n) is 12.9. The lowest BCUT2D eigenvalue weighted by atomic mass is 10.1. The van der Waals surface area contributed by atoms with Gasteiger partial charge in [-0.05, 0) is 31.5 Å². The van der Waals surface area contributed by atoms with Gasteiger partial charge in [-0.15, -0.1) is 0 Å². The van der Waals surface area contributed by atoms with E-state index < -0.39 is 17.7 Å². The maximum atomic E-state index is 14.4. The monoisotopic (exact) mass is 331 g/mol. The Morgan fingerprint density at radius 1 is 1.30 bits per heavy atom. The maximum absolute atomic E-state index is 14.4. The molecule has 126 valence electrons. The van der Waals surface area contributed by atoms with E-state index in [0.717, 1.165) is 6.20 Å². The van der Waals surface area contributed by atoms with Gasteiger partial charge in [-0.2, -0.15) is 13.2 Å². The molecule has 0 fully saturated rings. The summed E-state index contributed by atoms with van der Waals surface area (Å²) in [6.45, 7) is 3.45. The summed E-state index contributed by atoms with van der Waals surface area (Å²) in [4.78, 5) is 3.58. The van der Waals surface area contributed by atoms with Crippen LogP contribution in [0, 0.1) is 5.82 Å². The first-order chi connectivity index (χ1) is 10.7. The normalized spacial score (nSPS) is 12.0. The van der Waals surface area contributed by atoms with E-state index in [1.165, 1.54) is 23.8 Å². The van der Waals surface area contributed by atoms with Crippen molar-refractivity contribution in [1.29, 1.82) is 0 Å². The molecule has 1 aromatic carbocycles. The lowest BCUT2D eigenvalue weighted by Gasteiger charge is -2.15. The number of imidazole rings is 1. The second-order valence-electron chi connectivity index (χ2n) is 5.31. The Hall–Kier alpha value is -2.09. The summed E-state index contributed by atoms with van der Waals surface area (Å²) in [5.41, 5.74) is 4.76. The standard InChI is InChI=1S/C15H17F4N3O/c1-8(2)22-7-12(15(17,18)19)21-14(22)13-10(16)4-9(6-20)5-11(13)23-3/h4-5,7-8H,6,20H2,1-3H3. The number of rotatable bonds is 4. The minimum absolute atomic E-state index is 0.0833. The molecule has 0 unspecified atom stereocenters. The smallest absolute Gasteiger partial charge is 0.434 e. The molecule has 4 nitrogen and oxygen atoms in total. The SMILES string of the molecule is COc1cc(CN)cc(F)c1-c1nc(C(F)(F)F)cn1C(C)C. The van der Waals surface area contributed by atoms with Crippen molar-refractivity contribution in [3.63, 3.8) is 0 Å². The molecule has 0 spiro atoms. The Balaban J connectivity index is 2.73. The summed E-state index contributed by atoms with van der Waals surface area (Å²) in [5.74, 6) is -0.775. The van der Waals surface area contributed by atoms with Crippen molar-refractivity contribution in [1.82, 2.24) is 9.55 Å². The maximum Gasteiger partial charge on any atom is 0.434 e. The van der Waals surface area contributed by atoms with Gasteiger partial charge in [0.2, 0.25) is 0 Å². The fourth-order valence-corrected chi connectivity index (χ4v) is 2.24.